The molecule has 246 valence electrons. The van der Waals surface area contributed by atoms with Crippen molar-refractivity contribution in [1.29, 1.82) is 0 Å². The summed E-state index contributed by atoms with van der Waals surface area (Å²) < 4.78 is 23.7. The summed E-state index contributed by atoms with van der Waals surface area (Å²) in [4.78, 5) is 48.3. The van der Waals surface area contributed by atoms with Crippen LogP contribution in [0.1, 0.15) is 46.9 Å². The lowest BCUT2D eigenvalue weighted by Gasteiger charge is -2.28. The number of allylic oxidation sites excluding steroid dienone is 1. The topological polar surface area (TPSA) is 174 Å². The molecule has 1 aliphatic rings. The third-order valence-electron chi connectivity index (χ3n) is 6.65. The number of carboxylic acid groups (broad SMARTS) is 1. The molecule has 0 radical (unpaired) electrons. The molecule has 3 amide bonds. The Bertz CT molecular complexity index is 1720. The van der Waals surface area contributed by atoms with E-state index in [4.69, 9.17) is 24.1 Å². The van der Waals surface area contributed by atoms with Gasteiger partial charge in [0.2, 0.25) is 0 Å². The summed E-state index contributed by atoms with van der Waals surface area (Å²) in [5.74, 6) is -0.926. The van der Waals surface area contributed by atoms with Gasteiger partial charge in [-0.15, -0.1) is 0 Å². The fraction of sp³-hybridized carbons (Fsp3) is 0.219. The fourth-order valence-corrected chi connectivity index (χ4v) is 6.22. The van der Waals surface area contributed by atoms with Crippen molar-refractivity contribution in [2.24, 2.45) is 5.10 Å². The lowest BCUT2D eigenvalue weighted by Crippen LogP contribution is -2.45. The Labute approximate surface area is 291 Å². The van der Waals surface area contributed by atoms with Crippen molar-refractivity contribution in [3.05, 3.63) is 96.2 Å². The smallest absolute Gasteiger partial charge is 0.338 e. The zero-order chi connectivity index (χ0) is 34.1. The van der Waals surface area contributed by atoms with Gasteiger partial charge in [-0.05, 0) is 105 Å². The van der Waals surface area contributed by atoms with Crippen molar-refractivity contribution >= 4 is 68.6 Å². The molecular weight excluding hydrogens is 791 g/mol. The van der Waals surface area contributed by atoms with Gasteiger partial charge in [0.25, 0.3) is 5.91 Å². The van der Waals surface area contributed by atoms with Gasteiger partial charge in [-0.2, -0.15) is 5.10 Å². The summed E-state index contributed by atoms with van der Waals surface area (Å²) in [5, 5.41) is 18.4. The molecule has 0 bridgehead atoms. The minimum Gasteiger partial charge on any atom is -0.493 e. The number of methoxy groups -OCH3 is 1. The van der Waals surface area contributed by atoms with Gasteiger partial charge in [0.1, 0.15) is 12.4 Å². The zero-order valence-electron chi connectivity index (χ0n) is 25.4. The van der Waals surface area contributed by atoms with Crippen LogP contribution in [0.4, 0.5) is 4.79 Å². The van der Waals surface area contributed by atoms with E-state index in [0.717, 1.165) is 9.13 Å². The van der Waals surface area contributed by atoms with Crippen molar-refractivity contribution in [3.8, 4) is 17.2 Å². The molecule has 3 aromatic carbocycles. The van der Waals surface area contributed by atoms with E-state index in [9.17, 15) is 19.2 Å². The third-order valence-corrected chi connectivity index (χ3v) is 8.04. The predicted molar refractivity (Wildman–Crippen MR) is 183 cm³/mol. The number of carboxylic acids is 1. The van der Waals surface area contributed by atoms with E-state index in [1.807, 2.05) is 6.07 Å². The van der Waals surface area contributed by atoms with Crippen LogP contribution in [0.25, 0.3) is 0 Å². The molecular formula is C32H30BrIN4O9. The molecule has 0 aromatic heterocycles. The molecule has 1 atom stereocenters. The summed E-state index contributed by atoms with van der Waals surface area (Å²) in [5.41, 5.74) is 5.30. The first-order chi connectivity index (χ1) is 22.5. The van der Waals surface area contributed by atoms with Crippen LogP contribution < -0.4 is 30.3 Å². The Morgan fingerprint density at radius 1 is 1.09 bits per heavy atom. The van der Waals surface area contributed by atoms with E-state index in [0.29, 0.717) is 27.0 Å². The van der Waals surface area contributed by atoms with Gasteiger partial charge in [-0.1, -0.05) is 18.2 Å². The van der Waals surface area contributed by atoms with Gasteiger partial charge in [-0.3, -0.25) is 4.79 Å². The van der Waals surface area contributed by atoms with Gasteiger partial charge >= 0.3 is 18.0 Å². The number of nitrogens with zero attached hydrogens (tertiary/aromatic N) is 1. The van der Waals surface area contributed by atoms with E-state index in [2.05, 4.69) is 59.7 Å². The average molecular weight is 821 g/mol. The molecule has 4 N–H and O–H groups in total. The summed E-state index contributed by atoms with van der Waals surface area (Å²) in [6.45, 7) is 3.35. The van der Waals surface area contributed by atoms with Crippen molar-refractivity contribution in [1.82, 2.24) is 16.1 Å². The molecule has 4 rings (SSSR count). The Hall–Kier alpha value is -4.64. The number of carbonyl (C=O) groups is 4. The summed E-state index contributed by atoms with van der Waals surface area (Å²) >= 11 is 5.63. The van der Waals surface area contributed by atoms with Crippen LogP contribution in [0.2, 0.25) is 0 Å². The van der Waals surface area contributed by atoms with Gasteiger partial charge in [0, 0.05) is 5.70 Å². The Balaban J connectivity index is 1.34. The Morgan fingerprint density at radius 3 is 2.49 bits per heavy atom. The average Bonchev–Trinajstić information content (AvgIpc) is 3.03. The molecule has 47 heavy (non-hydrogen) atoms. The van der Waals surface area contributed by atoms with E-state index in [1.54, 1.807) is 50.2 Å². The SMILES string of the molecule is CCOC(=O)C1=C(C)NC(=O)N[C@@H]1c1ccc(OCC(=O)N/N=C\c2cc(Br)c(OCc3ccc(C(=O)O)cc3)c(I)c2)c(OC)c1. The second-order valence-corrected chi connectivity index (χ2v) is 11.9. The summed E-state index contributed by atoms with van der Waals surface area (Å²) in [6, 6.07) is 13.6. The Kier molecular flexibility index (Phi) is 12.2. The molecule has 13 nitrogen and oxygen atoms in total. The lowest BCUT2D eigenvalue weighted by atomic mass is 9.95. The lowest BCUT2D eigenvalue weighted by molar-refractivity contribution is -0.139. The molecule has 15 heteroatoms. The molecule has 0 saturated carbocycles. The van der Waals surface area contributed by atoms with Gasteiger partial charge in [-0.25, -0.2) is 19.8 Å². The van der Waals surface area contributed by atoms with Crippen molar-refractivity contribution < 1.29 is 43.2 Å². The van der Waals surface area contributed by atoms with E-state index < -0.39 is 29.9 Å². The largest absolute Gasteiger partial charge is 0.493 e. The number of hydrazone groups is 1. The van der Waals surface area contributed by atoms with Crippen molar-refractivity contribution in [2.75, 3.05) is 20.3 Å². The number of ether oxygens (including phenoxy) is 4. The molecule has 1 heterocycles. The van der Waals surface area contributed by atoms with E-state index >= 15 is 0 Å². The minimum absolute atomic E-state index is 0.173. The number of amides is 3. The number of halogens is 2. The summed E-state index contributed by atoms with van der Waals surface area (Å²) in [7, 11) is 1.43. The first kappa shape index (κ1) is 35.2. The van der Waals surface area contributed by atoms with Gasteiger partial charge in [0.05, 0.1) is 45.2 Å². The molecule has 0 saturated heterocycles. The van der Waals surface area contributed by atoms with Crippen LogP contribution in [0.15, 0.2) is 75.4 Å². The normalized spacial score (nSPS) is 14.2. The highest BCUT2D eigenvalue weighted by atomic mass is 127. The van der Waals surface area contributed by atoms with Crippen LogP contribution in [0.3, 0.4) is 0 Å². The molecule has 1 aliphatic heterocycles. The summed E-state index contributed by atoms with van der Waals surface area (Å²) in [6.07, 6.45) is 1.47. The highest BCUT2D eigenvalue weighted by Crippen LogP contribution is 2.35. The number of urea groups is 1. The number of benzene rings is 3. The van der Waals surface area contributed by atoms with E-state index in [-0.39, 0.29) is 42.5 Å². The van der Waals surface area contributed by atoms with Crippen LogP contribution in [-0.4, -0.2) is 55.5 Å². The fourth-order valence-electron chi connectivity index (χ4n) is 4.45. The predicted octanol–water partition coefficient (Wildman–Crippen LogP) is 5.06. The quantitative estimate of drug-likeness (QED) is 0.0796. The minimum atomic E-state index is -0.992. The third kappa shape index (κ3) is 9.22. The second-order valence-electron chi connectivity index (χ2n) is 9.89. The number of hydrogen-bond donors (Lipinski definition) is 4. The number of nitrogens with one attached hydrogen (secondary N) is 3. The van der Waals surface area contributed by atoms with Crippen LogP contribution in [-0.2, 0) is 20.9 Å². The second kappa shape index (κ2) is 16.3. The molecule has 3 aromatic rings. The first-order valence-electron chi connectivity index (χ1n) is 14.0. The monoisotopic (exact) mass is 820 g/mol. The maximum Gasteiger partial charge on any atom is 0.338 e. The molecule has 0 aliphatic carbocycles. The standard InChI is InChI=1S/C32H30BrIN4O9/c1-4-45-31(42)27-17(2)36-32(43)37-28(27)21-9-10-24(25(13-21)44-3)46-16-26(39)38-35-14-19-11-22(33)29(23(34)12-19)47-15-18-5-7-20(8-6-18)30(40)41/h5-14,28H,4,15-16H2,1-3H3,(H,38,39)(H,40,41)(H2,36,37,43)/b35-14-/t28-/m1/s1. The van der Waals surface area contributed by atoms with Crippen molar-refractivity contribution in [3.63, 3.8) is 0 Å². The van der Waals surface area contributed by atoms with Crippen molar-refractivity contribution in [2.45, 2.75) is 26.5 Å². The van der Waals surface area contributed by atoms with Crippen LogP contribution in [0, 0.1) is 3.57 Å². The Morgan fingerprint density at radius 2 is 1.83 bits per heavy atom. The number of hydrogen-bond acceptors (Lipinski definition) is 9. The molecule has 0 unspecified atom stereocenters. The maximum atomic E-state index is 12.6. The first-order valence-corrected chi connectivity index (χ1v) is 15.9. The molecule has 0 spiro atoms. The number of carbonyl (C=O) groups excluding carboxylic acids is 3. The van der Waals surface area contributed by atoms with Gasteiger partial charge < -0.3 is 34.7 Å². The van der Waals surface area contributed by atoms with E-state index in [1.165, 1.54) is 25.5 Å². The highest BCUT2D eigenvalue weighted by molar-refractivity contribution is 14.1. The van der Waals surface area contributed by atoms with Gasteiger partial charge in [0.15, 0.2) is 18.1 Å². The highest BCUT2D eigenvalue weighted by Gasteiger charge is 2.32. The number of rotatable bonds is 13. The maximum absolute atomic E-state index is 12.6. The molecule has 0 fully saturated rings. The van der Waals surface area contributed by atoms with Crippen LogP contribution >= 0.6 is 38.5 Å². The van der Waals surface area contributed by atoms with Crippen LogP contribution in [0.5, 0.6) is 17.2 Å². The number of esters is 1. The number of aromatic carboxylic acids is 1. The zero-order valence-corrected chi connectivity index (χ0v) is 29.1.